The first-order valence-electron chi connectivity index (χ1n) is 4.78. The second-order valence-electron chi connectivity index (χ2n) is 3.93. The zero-order chi connectivity index (χ0) is 9.71. The van der Waals surface area contributed by atoms with E-state index in [1.54, 1.807) is 0 Å². The highest BCUT2D eigenvalue weighted by molar-refractivity contribution is 6.07. The molecule has 14 heavy (non-hydrogen) atoms. The monoisotopic (exact) mass is 184 g/mol. The van der Waals surface area contributed by atoms with Crippen molar-refractivity contribution in [2.45, 2.75) is 6.92 Å². The Balaban J connectivity index is 2.55. The Morgan fingerprint density at radius 2 is 1.93 bits per heavy atom. The quantitative estimate of drug-likeness (QED) is 0.554. The van der Waals surface area contributed by atoms with Gasteiger partial charge in [0.05, 0.1) is 5.52 Å². The number of aromatic amines is 1. The maximum atomic E-state index is 3.41. The third-order valence-electron chi connectivity index (χ3n) is 2.69. The molecule has 2 heterocycles. The summed E-state index contributed by atoms with van der Waals surface area (Å²) in [7, 11) is 2.05. The molecule has 2 aromatic heterocycles. The van der Waals surface area contributed by atoms with E-state index < -0.39 is 0 Å². The van der Waals surface area contributed by atoms with E-state index in [4.69, 9.17) is 0 Å². The average Bonchev–Trinajstić information content (AvgIpc) is 2.62. The van der Waals surface area contributed by atoms with Gasteiger partial charge < -0.3 is 9.55 Å². The van der Waals surface area contributed by atoms with Crippen LogP contribution in [0.3, 0.4) is 0 Å². The molecule has 2 heteroatoms. The Hall–Kier alpha value is -1.70. The Morgan fingerprint density at radius 3 is 2.79 bits per heavy atom. The molecule has 1 aromatic carbocycles. The van der Waals surface area contributed by atoms with Crippen molar-refractivity contribution in [3.63, 3.8) is 0 Å². The van der Waals surface area contributed by atoms with Crippen molar-refractivity contribution in [3.05, 3.63) is 36.2 Å². The van der Waals surface area contributed by atoms with Gasteiger partial charge in [-0.05, 0) is 19.1 Å². The van der Waals surface area contributed by atoms with Crippen molar-refractivity contribution < 1.29 is 0 Å². The Labute approximate surface area is 82.2 Å². The molecule has 0 saturated carbocycles. The van der Waals surface area contributed by atoms with Crippen LogP contribution in [0.15, 0.2) is 30.6 Å². The molecule has 0 fully saturated rings. The van der Waals surface area contributed by atoms with Gasteiger partial charge in [-0.25, -0.2) is 0 Å². The molecule has 0 amide bonds. The normalized spacial score (nSPS) is 11.6. The number of nitrogens with one attached hydrogen (secondary N) is 1. The third kappa shape index (κ3) is 0.909. The van der Waals surface area contributed by atoms with Crippen molar-refractivity contribution in [2.75, 3.05) is 0 Å². The third-order valence-corrected chi connectivity index (χ3v) is 2.69. The second-order valence-corrected chi connectivity index (χ2v) is 3.93. The van der Waals surface area contributed by atoms with E-state index in [9.17, 15) is 0 Å². The minimum Gasteiger partial charge on any atom is -0.355 e. The summed E-state index contributed by atoms with van der Waals surface area (Å²) in [4.78, 5) is 3.41. The van der Waals surface area contributed by atoms with Crippen LogP contribution in [-0.4, -0.2) is 9.55 Å². The highest BCUT2D eigenvalue weighted by Gasteiger charge is 2.05. The van der Waals surface area contributed by atoms with Gasteiger partial charge in [0, 0.05) is 35.7 Å². The van der Waals surface area contributed by atoms with Gasteiger partial charge in [-0.3, -0.25) is 0 Å². The fourth-order valence-corrected chi connectivity index (χ4v) is 2.03. The summed E-state index contributed by atoms with van der Waals surface area (Å²) < 4.78 is 2.09. The molecule has 0 unspecified atom stereocenters. The first-order chi connectivity index (χ1) is 6.74. The lowest BCUT2D eigenvalue weighted by molar-refractivity contribution is 0.932. The maximum Gasteiger partial charge on any atom is 0.0644 e. The smallest absolute Gasteiger partial charge is 0.0644 e. The van der Waals surface area contributed by atoms with Gasteiger partial charge in [0.2, 0.25) is 0 Å². The summed E-state index contributed by atoms with van der Waals surface area (Å²) >= 11 is 0. The lowest BCUT2D eigenvalue weighted by atomic mass is 10.1. The van der Waals surface area contributed by atoms with Crippen molar-refractivity contribution in [1.82, 2.24) is 9.55 Å². The highest BCUT2D eigenvalue weighted by atomic mass is 14.9. The van der Waals surface area contributed by atoms with Crippen molar-refractivity contribution in [2.24, 2.45) is 7.05 Å². The van der Waals surface area contributed by atoms with Crippen LogP contribution in [0.1, 0.15) is 5.56 Å². The van der Waals surface area contributed by atoms with E-state index in [-0.39, 0.29) is 0 Å². The van der Waals surface area contributed by atoms with Crippen molar-refractivity contribution in [3.8, 4) is 0 Å². The minimum atomic E-state index is 1.22. The zero-order valence-corrected chi connectivity index (χ0v) is 8.33. The second kappa shape index (κ2) is 2.41. The predicted octanol–water partition coefficient (Wildman–Crippen LogP) is 2.97. The fourth-order valence-electron chi connectivity index (χ4n) is 2.03. The number of benzene rings is 1. The predicted molar refractivity (Wildman–Crippen MR) is 59.5 cm³/mol. The SMILES string of the molecule is Cc1ccc2[nH]c3cn(C)cc3c2c1. The van der Waals surface area contributed by atoms with Crippen LogP contribution < -0.4 is 0 Å². The molecule has 3 rings (SSSR count). The number of rotatable bonds is 0. The molecule has 0 aliphatic carbocycles. The molecule has 0 radical (unpaired) electrons. The first-order valence-corrected chi connectivity index (χ1v) is 4.78. The Bertz CT molecular complexity index is 614. The summed E-state index contributed by atoms with van der Waals surface area (Å²) in [5, 5.41) is 2.63. The molecular formula is C12H12N2. The molecule has 2 nitrogen and oxygen atoms in total. The zero-order valence-electron chi connectivity index (χ0n) is 8.33. The number of nitrogens with zero attached hydrogens (tertiary/aromatic N) is 1. The van der Waals surface area contributed by atoms with Crippen LogP contribution in [0.2, 0.25) is 0 Å². The van der Waals surface area contributed by atoms with E-state index in [0.717, 1.165) is 0 Å². The number of hydrogen-bond acceptors (Lipinski definition) is 0. The number of fused-ring (bicyclic) bond motifs is 3. The molecule has 0 atom stereocenters. The van der Waals surface area contributed by atoms with Crippen molar-refractivity contribution >= 4 is 21.8 Å². The minimum absolute atomic E-state index is 1.22. The molecule has 0 saturated heterocycles. The topological polar surface area (TPSA) is 20.7 Å². The summed E-state index contributed by atoms with van der Waals surface area (Å²) in [6, 6.07) is 6.51. The Kier molecular flexibility index (Phi) is 1.32. The van der Waals surface area contributed by atoms with Crippen LogP contribution in [0.4, 0.5) is 0 Å². The van der Waals surface area contributed by atoms with E-state index in [2.05, 4.69) is 54.1 Å². The van der Waals surface area contributed by atoms with Gasteiger partial charge in [-0.2, -0.15) is 0 Å². The van der Waals surface area contributed by atoms with Gasteiger partial charge in [0.15, 0.2) is 0 Å². The molecule has 0 aliphatic heterocycles. The lowest BCUT2D eigenvalue weighted by Crippen LogP contribution is -1.78. The van der Waals surface area contributed by atoms with Crippen LogP contribution in [0.5, 0.6) is 0 Å². The van der Waals surface area contributed by atoms with E-state index in [1.807, 2.05) is 0 Å². The van der Waals surface area contributed by atoms with Gasteiger partial charge in [0.25, 0.3) is 0 Å². The number of aromatic nitrogens is 2. The van der Waals surface area contributed by atoms with Crippen LogP contribution in [0, 0.1) is 6.92 Å². The Morgan fingerprint density at radius 1 is 1.07 bits per heavy atom. The molecule has 0 bridgehead atoms. The molecular weight excluding hydrogens is 172 g/mol. The number of aryl methyl sites for hydroxylation is 2. The van der Waals surface area contributed by atoms with Crippen molar-refractivity contribution in [1.29, 1.82) is 0 Å². The first kappa shape index (κ1) is 7.68. The van der Waals surface area contributed by atoms with Gasteiger partial charge in [-0.1, -0.05) is 11.6 Å². The van der Waals surface area contributed by atoms with Crippen LogP contribution in [0.25, 0.3) is 21.8 Å². The standard InChI is InChI=1S/C12H12N2/c1-8-3-4-11-9(5-8)10-6-14(2)7-12(10)13-11/h3-7,13H,1-2H3. The number of H-pyrrole nitrogens is 1. The summed E-state index contributed by atoms with van der Waals surface area (Å²) in [6.07, 6.45) is 4.28. The summed E-state index contributed by atoms with van der Waals surface area (Å²) in [5.41, 5.74) is 3.75. The average molecular weight is 184 g/mol. The summed E-state index contributed by atoms with van der Waals surface area (Å²) in [5.74, 6) is 0. The van der Waals surface area contributed by atoms with Gasteiger partial charge in [0.1, 0.15) is 0 Å². The highest BCUT2D eigenvalue weighted by Crippen LogP contribution is 2.26. The van der Waals surface area contributed by atoms with Crippen LogP contribution in [-0.2, 0) is 7.05 Å². The fraction of sp³-hybridized carbons (Fsp3) is 0.167. The lowest BCUT2D eigenvalue weighted by Gasteiger charge is -1.93. The van der Waals surface area contributed by atoms with E-state index in [1.165, 1.54) is 27.4 Å². The number of hydrogen-bond donors (Lipinski definition) is 1. The summed E-state index contributed by atoms with van der Waals surface area (Å²) in [6.45, 7) is 2.13. The van der Waals surface area contributed by atoms with E-state index >= 15 is 0 Å². The van der Waals surface area contributed by atoms with Gasteiger partial charge in [-0.15, -0.1) is 0 Å². The largest absolute Gasteiger partial charge is 0.355 e. The van der Waals surface area contributed by atoms with E-state index in [0.29, 0.717) is 0 Å². The molecule has 1 N–H and O–H groups in total. The van der Waals surface area contributed by atoms with Gasteiger partial charge >= 0.3 is 0 Å². The maximum absolute atomic E-state index is 3.41. The molecule has 0 spiro atoms. The molecule has 0 aliphatic rings. The van der Waals surface area contributed by atoms with Crippen LogP contribution >= 0.6 is 0 Å². The molecule has 3 aromatic rings. The molecule has 70 valence electrons.